The van der Waals surface area contributed by atoms with E-state index in [4.69, 9.17) is 14.2 Å². The van der Waals surface area contributed by atoms with E-state index in [1.54, 1.807) is 0 Å². The molecule has 79 heavy (non-hydrogen) atoms. The number of ether oxygens (including phenoxy) is 3. The van der Waals surface area contributed by atoms with Crippen LogP contribution in [0.4, 0.5) is 0 Å². The maximum atomic E-state index is 13.0. The van der Waals surface area contributed by atoms with Crippen molar-refractivity contribution >= 4 is 17.9 Å². The summed E-state index contributed by atoms with van der Waals surface area (Å²) in [4.78, 5) is 38.4. The second-order valence-corrected chi connectivity index (χ2v) is 22.3. The first-order valence-electron chi connectivity index (χ1n) is 33.7. The van der Waals surface area contributed by atoms with Crippen molar-refractivity contribution in [1.82, 2.24) is 0 Å². The van der Waals surface area contributed by atoms with E-state index < -0.39 is 6.10 Å². The highest BCUT2D eigenvalue weighted by molar-refractivity contribution is 5.71. The van der Waals surface area contributed by atoms with E-state index in [1.165, 1.54) is 180 Å². The van der Waals surface area contributed by atoms with Crippen LogP contribution < -0.4 is 0 Å². The zero-order chi connectivity index (χ0) is 57.1. The molecule has 0 amide bonds. The number of carbonyl (C=O) groups is 3. The number of rotatable bonds is 61. The van der Waals surface area contributed by atoms with E-state index in [9.17, 15) is 14.4 Å². The SMILES string of the molecule is CC/C=C\C/C=C\C/C=C\C/C=C\CCCCCCCCCCCCC(=O)OCC(COC(=O)CCCCCCCCCCCCCCCCC)OC(=O)CCCCCCCCCCCC/C=C\C/C=C\C/C=C\C/C=C\CC. The summed E-state index contributed by atoms with van der Waals surface area (Å²) in [6.45, 7) is 6.45. The maximum Gasteiger partial charge on any atom is 0.306 e. The number of carbonyl (C=O) groups excluding carboxylic acids is 3. The highest BCUT2D eigenvalue weighted by Crippen LogP contribution is 2.17. The van der Waals surface area contributed by atoms with Crippen LogP contribution >= 0.6 is 0 Å². The standard InChI is InChI=1S/C73H126O6/c1-4-7-10-13-16-19-22-25-28-30-32-34-36-38-40-42-45-48-51-54-57-60-63-66-72(75)78-69-70(68-77-71(74)65-62-59-56-53-50-47-44-27-24-21-18-15-12-9-6-3)79-73(76)67-64-61-58-55-52-49-46-43-41-39-37-35-33-31-29-26-23-20-17-14-11-8-5-2/h7-8,10-11,16-17,19-20,25-26,28-29,32-35,70H,4-6,9,12-15,18,21-24,27,30-31,36-69H2,1-3H3/b10-7-,11-8-,19-16-,20-17-,28-25-,29-26-,34-32-,35-33-. The first-order valence-corrected chi connectivity index (χ1v) is 33.7. The first-order chi connectivity index (χ1) is 39.0. The van der Waals surface area contributed by atoms with Gasteiger partial charge in [-0.05, 0) is 96.3 Å². The summed E-state index contributed by atoms with van der Waals surface area (Å²) in [5.74, 6) is -0.870. The van der Waals surface area contributed by atoms with Crippen LogP contribution in [0.1, 0.15) is 329 Å². The Morgan fingerprint density at radius 1 is 0.266 bits per heavy atom. The Hall–Kier alpha value is -3.67. The molecule has 0 rings (SSSR count). The van der Waals surface area contributed by atoms with Crippen LogP contribution in [0.15, 0.2) is 97.2 Å². The fraction of sp³-hybridized carbons (Fsp3) is 0.740. The van der Waals surface area contributed by atoms with Crippen molar-refractivity contribution in [3.8, 4) is 0 Å². The quantitative estimate of drug-likeness (QED) is 0.0261. The monoisotopic (exact) mass is 1100 g/mol. The molecule has 454 valence electrons. The molecular weight excluding hydrogens is 973 g/mol. The molecule has 0 radical (unpaired) electrons. The van der Waals surface area contributed by atoms with Crippen molar-refractivity contribution in [2.45, 2.75) is 335 Å². The van der Waals surface area contributed by atoms with E-state index in [0.29, 0.717) is 19.3 Å². The van der Waals surface area contributed by atoms with Gasteiger partial charge in [-0.3, -0.25) is 14.4 Å². The molecule has 0 aliphatic rings. The van der Waals surface area contributed by atoms with Crippen molar-refractivity contribution in [2.75, 3.05) is 13.2 Å². The van der Waals surface area contributed by atoms with Gasteiger partial charge in [0.15, 0.2) is 6.10 Å². The van der Waals surface area contributed by atoms with Crippen LogP contribution in [0, 0.1) is 0 Å². The Kier molecular flexibility index (Phi) is 63.7. The Morgan fingerprint density at radius 3 is 0.772 bits per heavy atom. The Labute approximate surface area is 489 Å². The lowest BCUT2D eigenvalue weighted by molar-refractivity contribution is -0.167. The van der Waals surface area contributed by atoms with Gasteiger partial charge < -0.3 is 14.2 Å². The molecule has 0 saturated carbocycles. The minimum atomic E-state index is -0.782. The highest BCUT2D eigenvalue weighted by atomic mass is 16.6. The van der Waals surface area contributed by atoms with Crippen LogP contribution in [0.25, 0.3) is 0 Å². The number of allylic oxidation sites excluding steroid dienone is 16. The van der Waals surface area contributed by atoms with E-state index >= 15 is 0 Å². The van der Waals surface area contributed by atoms with E-state index in [2.05, 4.69) is 118 Å². The average molecular weight is 1100 g/mol. The van der Waals surface area contributed by atoms with Crippen LogP contribution in [-0.2, 0) is 28.6 Å². The minimum Gasteiger partial charge on any atom is -0.462 e. The first kappa shape index (κ1) is 75.3. The molecule has 1 unspecified atom stereocenters. The predicted molar refractivity (Wildman–Crippen MR) is 344 cm³/mol. The molecule has 0 heterocycles. The molecule has 0 aromatic rings. The van der Waals surface area contributed by atoms with Crippen LogP contribution in [0.3, 0.4) is 0 Å². The van der Waals surface area contributed by atoms with Crippen molar-refractivity contribution in [2.24, 2.45) is 0 Å². The summed E-state index contributed by atoms with van der Waals surface area (Å²) in [7, 11) is 0. The van der Waals surface area contributed by atoms with Gasteiger partial charge in [0.05, 0.1) is 0 Å². The molecule has 0 aliphatic heterocycles. The van der Waals surface area contributed by atoms with Gasteiger partial charge in [0.25, 0.3) is 0 Å². The molecule has 0 aromatic heterocycles. The van der Waals surface area contributed by atoms with E-state index in [0.717, 1.165) is 109 Å². The molecule has 1 atom stereocenters. The van der Waals surface area contributed by atoms with Gasteiger partial charge in [0.2, 0.25) is 0 Å². The molecule has 0 bridgehead atoms. The topological polar surface area (TPSA) is 78.9 Å². The van der Waals surface area contributed by atoms with Crippen LogP contribution in [-0.4, -0.2) is 37.2 Å². The Morgan fingerprint density at radius 2 is 0.494 bits per heavy atom. The van der Waals surface area contributed by atoms with Gasteiger partial charge in [0, 0.05) is 19.3 Å². The normalized spacial score (nSPS) is 12.7. The Balaban J connectivity index is 4.35. The number of unbranched alkanes of at least 4 members (excludes halogenated alkanes) is 34. The van der Waals surface area contributed by atoms with E-state index in [1.807, 2.05) is 0 Å². The molecule has 0 N–H and O–H groups in total. The molecular formula is C73H126O6. The fourth-order valence-corrected chi connectivity index (χ4v) is 9.60. The van der Waals surface area contributed by atoms with Crippen molar-refractivity contribution in [1.29, 1.82) is 0 Å². The number of hydrogen-bond donors (Lipinski definition) is 0. The number of esters is 3. The summed E-state index contributed by atoms with van der Waals surface area (Å²) in [6, 6.07) is 0. The fourth-order valence-electron chi connectivity index (χ4n) is 9.60. The van der Waals surface area contributed by atoms with Crippen molar-refractivity contribution in [3.63, 3.8) is 0 Å². The van der Waals surface area contributed by atoms with Crippen molar-refractivity contribution < 1.29 is 28.6 Å². The Bertz CT molecular complexity index is 1540. The van der Waals surface area contributed by atoms with Gasteiger partial charge in [-0.1, -0.05) is 311 Å². The summed E-state index contributed by atoms with van der Waals surface area (Å²) in [5.41, 5.74) is 0. The molecule has 0 aliphatic carbocycles. The summed E-state index contributed by atoms with van der Waals surface area (Å²) >= 11 is 0. The number of hydrogen-bond acceptors (Lipinski definition) is 6. The summed E-state index contributed by atoms with van der Waals surface area (Å²) < 4.78 is 17.0. The molecule has 6 nitrogen and oxygen atoms in total. The summed E-state index contributed by atoms with van der Waals surface area (Å²) in [5, 5.41) is 0. The zero-order valence-electron chi connectivity index (χ0n) is 52.1. The largest absolute Gasteiger partial charge is 0.462 e. The molecule has 0 saturated heterocycles. The smallest absolute Gasteiger partial charge is 0.306 e. The maximum absolute atomic E-state index is 13.0. The van der Waals surface area contributed by atoms with Gasteiger partial charge >= 0.3 is 17.9 Å². The third-order valence-electron chi connectivity index (χ3n) is 14.6. The minimum absolute atomic E-state index is 0.0771. The lowest BCUT2D eigenvalue weighted by Gasteiger charge is -2.18. The average Bonchev–Trinajstić information content (AvgIpc) is 3.45. The lowest BCUT2D eigenvalue weighted by Crippen LogP contribution is -2.30. The second kappa shape index (κ2) is 66.8. The second-order valence-electron chi connectivity index (χ2n) is 22.3. The zero-order valence-corrected chi connectivity index (χ0v) is 52.1. The van der Waals surface area contributed by atoms with Gasteiger partial charge in [-0.15, -0.1) is 0 Å². The van der Waals surface area contributed by atoms with Crippen LogP contribution in [0.5, 0.6) is 0 Å². The van der Waals surface area contributed by atoms with Gasteiger partial charge in [-0.25, -0.2) is 0 Å². The molecule has 0 spiro atoms. The third-order valence-corrected chi connectivity index (χ3v) is 14.6. The van der Waals surface area contributed by atoms with Gasteiger partial charge in [0.1, 0.15) is 13.2 Å². The van der Waals surface area contributed by atoms with Crippen LogP contribution in [0.2, 0.25) is 0 Å². The third kappa shape index (κ3) is 65.0. The van der Waals surface area contributed by atoms with Gasteiger partial charge in [-0.2, -0.15) is 0 Å². The molecule has 6 heteroatoms. The summed E-state index contributed by atoms with van der Waals surface area (Å²) in [6.07, 6.45) is 89.8. The molecule has 0 fully saturated rings. The predicted octanol–water partition coefficient (Wildman–Crippen LogP) is 23.2. The lowest BCUT2D eigenvalue weighted by atomic mass is 10.0. The highest BCUT2D eigenvalue weighted by Gasteiger charge is 2.19. The molecule has 0 aromatic carbocycles. The van der Waals surface area contributed by atoms with Crippen molar-refractivity contribution in [3.05, 3.63) is 97.2 Å². The van der Waals surface area contributed by atoms with E-state index in [-0.39, 0.29) is 31.1 Å².